The second-order valence-electron chi connectivity index (χ2n) is 5.22. The van der Waals surface area contributed by atoms with Crippen LogP contribution in [0.3, 0.4) is 0 Å². The fourth-order valence-corrected chi connectivity index (χ4v) is 3.55. The zero-order valence-electron chi connectivity index (χ0n) is 11.8. The molecule has 1 aliphatic rings. The largest absolute Gasteiger partial charge is 0.368 e. The lowest BCUT2D eigenvalue weighted by molar-refractivity contribution is -0.111. The molecule has 3 rings (SSSR count). The van der Waals surface area contributed by atoms with E-state index in [9.17, 15) is 4.79 Å². The van der Waals surface area contributed by atoms with E-state index in [0.717, 1.165) is 35.4 Å². The number of aromatic nitrogens is 3. The molecule has 0 aliphatic carbocycles. The van der Waals surface area contributed by atoms with Crippen LogP contribution < -0.4 is 5.73 Å². The highest BCUT2D eigenvalue weighted by Gasteiger charge is 2.25. The minimum Gasteiger partial charge on any atom is -0.368 e. The molecule has 1 atom stereocenters. The molecule has 0 radical (unpaired) electrons. The van der Waals surface area contributed by atoms with E-state index in [2.05, 4.69) is 15.0 Å². The zero-order valence-corrected chi connectivity index (χ0v) is 13.4. The summed E-state index contributed by atoms with van der Waals surface area (Å²) in [5, 5.41) is 0.649. The van der Waals surface area contributed by atoms with Gasteiger partial charge < -0.3 is 5.73 Å². The molecule has 1 unspecified atom stereocenters. The Morgan fingerprint density at radius 1 is 1.32 bits per heavy atom. The minimum absolute atomic E-state index is 0.158. The SMILES string of the molecule is Nc1ncc2c(n1)C(CCc1ccc(Cl)nc1)CCC(=O)S2. The van der Waals surface area contributed by atoms with E-state index in [1.54, 1.807) is 18.5 Å². The maximum absolute atomic E-state index is 11.8. The lowest BCUT2D eigenvalue weighted by Crippen LogP contribution is -2.07. The molecular weight excluding hydrogens is 320 g/mol. The Hall–Kier alpha value is -1.66. The smallest absolute Gasteiger partial charge is 0.220 e. The number of aryl methyl sites for hydroxylation is 1. The number of hydrogen-bond donors (Lipinski definition) is 1. The van der Waals surface area contributed by atoms with E-state index in [4.69, 9.17) is 17.3 Å². The lowest BCUT2D eigenvalue weighted by Gasteiger charge is -2.15. The number of thioether (sulfide) groups is 1. The maximum atomic E-state index is 11.8. The fraction of sp³-hybridized carbons (Fsp3) is 0.333. The van der Waals surface area contributed by atoms with Crippen molar-refractivity contribution in [2.24, 2.45) is 0 Å². The summed E-state index contributed by atoms with van der Waals surface area (Å²) in [5.41, 5.74) is 7.73. The molecular formula is C15H15ClN4OS. The van der Waals surface area contributed by atoms with Crippen LogP contribution in [0.1, 0.15) is 36.4 Å². The predicted octanol–water partition coefficient (Wildman–Crippen LogP) is 3.24. The van der Waals surface area contributed by atoms with Gasteiger partial charge in [0.15, 0.2) is 5.12 Å². The van der Waals surface area contributed by atoms with E-state index in [0.29, 0.717) is 11.6 Å². The molecule has 0 spiro atoms. The molecule has 114 valence electrons. The number of nitrogen functional groups attached to an aromatic ring is 1. The Kier molecular flexibility index (Phi) is 4.59. The molecule has 7 heteroatoms. The van der Waals surface area contributed by atoms with Gasteiger partial charge in [0, 0.05) is 24.7 Å². The second kappa shape index (κ2) is 6.62. The quantitative estimate of drug-likeness (QED) is 0.868. The molecule has 0 amide bonds. The van der Waals surface area contributed by atoms with Crippen LogP contribution in [-0.4, -0.2) is 20.1 Å². The Labute approximate surface area is 137 Å². The molecule has 2 N–H and O–H groups in total. The van der Waals surface area contributed by atoms with Crippen LogP contribution >= 0.6 is 23.4 Å². The van der Waals surface area contributed by atoms with Crippen molar-refractivity contribution < 1.29 is 4.79 Å². The van der Waals surface area contributed by atoms with Crippen molar-refractivity contribution in [3.05, 3.63) is 40.9 Å². The maximum Gasteiger partial charge on any atom is 0.220 e. The van der Waals surface area contributed by atoms with Gasteiger partial charge in [0.25, 0.3) is 0 Å². The van der Waals surface area contributed by atoms with Gasteiger partial charge in [0.2, 0.25) is 5.95 Å². The van der Waals surface area contributed by atoms with E-state index >= 15 is 0 Å². The van der Waals surface area contributed by atoms with Crippen molar-refractivity contribution in [2.75, 3.05) is 5.73 Å². The van der Waals surface area contributed by atoms with Crippen molar-refractivity contribution in [1.82, 2.24) is 15.0 Å². The van der Waals surface area contributed by atoms with Crippen molar-refractivity contribution in [3.8, 4) is 0 Å². The minimum atomic E-state index is 0.158. The third-order valence-electron chi connectivity index (χ3n) is 3.68. The monoisotopic (exact) mass is 334 g/mol. The number of nitrogens with zero attached hydrogens (tertiary/aromatic N) is 3. The first-order chi connectivity index (χ1) is 10.6. The lowest BCUT2D eigenvalue weighted by atomic mass is 9.92. The summed E-state index contributed by atoms with van der Waals surface area (Å²) in [6.45, 7) is 0. The van der Waals surface area contributed by atoms with Crippen LogP contribution in [0.4, 0.5) is 5.95 Å². The standard InChI is InChI=1S/C15H15ClN4OS/c16-12-5-2-9(7-18-12)1-3-10-4-6-13(21)22-11-8-19-15(17)20-14(10)11/h2,5,7-8,10H,1,3-4,6H2,(H2,17,19,20). The van der Waals surface area contributed by atoms with Gasteiger partial charge in [-0.1, -0.05) is 17.7 Å². The number of rotatable bonds is 3. The highest BCUT2D eigenvalue weighted by Crippen LogP contribution is 2.37. The molecule has 0 fully saturated rings. The number of carbonyl (C=O) groups is 1. The van der Waals surface area contributed by atoms with Crippen LogP contribution in [0.5, 0.6) is 0 Å². The van der Waals surface area contributed by atoms with Gasteiger partial charge in [-0.3, -0.25) is 4.79 Å². The molecule has 0 aromatic carbocycles. The summed E-state index contributed by atoms with van der Waals surface area (Å²) >= 11 is 7.02. The predicted molar refractivity (Wildman–Crippen MR) is 86.9 cm³/mol. The Balaban J connectivity index is 1.79. The third-order valence-corrected chi connectivity index (χ3v) is 4.87. The Morgan fingerprint density at radius 2 is 2.18 bits per heavy atom. The van der Waals surface area contributed by atoms with Crippen molar-refractivity contribution in [1.29, 1.82) is 0 Å². The first kappa shape index (κ1) is 15.2. The number of halogens is 1. The average Bonchev–Trinajstić information content (AvgIpc) is 2.65. The van der Waals surface area contributed by atoms with Gasteiger partial charge in [-0.25, -0.2) is 15.0 Å². The molecule has 2 aromatic rings. The van der Waals surface area contributed by atoms with Crippen molar-refractivity contribution >= 4 is 34.4 Å². The van der Waals surface area contributed by atoms with Gasteiger partial charge in [0.1, 0.15) is 5.15 Å². The summed E-state index contributed by atoms with van der Waals surface area (Å²) in [7, 11) is 0. The number of pyridine rings is 1. The topological polar surface area (TPSA) is 81.8 Å². The summed E-state index contributed by atoms with van der Waals surface area (Å²) in [4.78, 5) is 25.1. The number of anilines is 1. The molecule has 0 saturated carbocycles. The summed E-state index contributed by atoms with van der Waals surface area (Å²) in [6.07, 6.45) is 6.52. The van der Waals surface area contributed by atoms with Gasteiger partial charge in [-0.15, -0.1) is 0 Å². The molecule has 1 aliphatic heterocycles. The molecule has 2 aromatic heterocycles. The average molecular weight is 335 g/mol. The highest BCUT2D eigenvalue weighted by molar-refractivity contribution is 8.13. The van der Waals surface area contributed by atoms with Crippen LogP contribution in [0, 0.1) is 0 Å². The van der Waals surface area contributed by atoms with E-state index in [1.807, 2.05) is 6.07 Å². The molecule has 3 heterocycles. The summed E-state index contributed by atoms with van der Waals surface area (Å²) in [6, 6.07) is 3.76. The van der Waals surface area contributed by atoms with E-state index in [1.165, 1.54) is 11.8 Å². The summed E-state index contributed by atoms with van der Waals surface area (Å²) < 4.78 is 0. The van der Waals surface area contributed by atoms with Crippen molar-refractivity contribution in [3.63, 3.8) is 0 Å². The van der Waals surface area contributed by atoms with Gasteiger partial charge in [-0.2, -0.15) is 0 Å². The summed E-state index contributed by atoms with van der Waals surface area (Å²) in [5.74, 6) is 0.460. The van der Waals surface area contributed by atoms with Gasteiger partial charge >= 0.3 is 0 Å². The fourth-order valence-electron chi connectivity index (χ4n) is 2.55. The van der Waals surface area contributed by atoms with Crippen LogP contribution in [0.2, 0.25) is 5.15 Å². The normalized spacial score (nSPS) is 17.9. The number of nitrogens with two attached hydrogens (primary N) is 1. The number of hydrogen-bond acceptors (Lipinski definition) is 6. The molecule has 0 bridgehead atoms. The van der Waals surface area contributed by atoms with Crippen LogP contribution in [0.15, 0.2) is 29.4 Å². The van der Waals surface area contributed by atoms with E-state index in [-0.39, 0.29) is 17.0 Å². The molecule has 0 saturated heterocycles. The zero-order chi connectivity index (χ0) is 15.5. The van der Waals surface area contributed by atoms with E-state index < -0.39 is 0 Å². The molecule has 22 heavy (non-hydrogen) atoms. The first-order valence-electron chi connectivity index (χ1n) is 7.05. The Bertz CT molecular complexity index is 692. The first-order valence-corrected chi connectivity index (χ1v) is 8.25. The number of fused-ring (bicyclic) bond motifs is 1. The highest BCUT2D eigenvalue weighted by atomic mass is 35.5. The van der Waals surface area contributed by atoms with Gasteiger partial charge in [-0.05, 0) is 42.7 Å². The second-order valence-corrected chi connectivity index (χ2v) is 6.70. The molecule has 5 nitrogen and oxygen atoms in total. The van der Waals surface area contributed by atoms with Crippen LogP contribution in [0.25, 0.3) is 0 Å². The number of carbonyl (C=O) groups excluding carboxylic acids is 1. The van der Waals surface area contributed by atoms with Crippen molar-refractivity contribution in [2.45, 2.75) is 36.5 Å². The van der Waals surface area contributed by atoms with Crippen LogP contribution in [-0.2, 0) is 11.2 Å². The third kappa shape index (κ3) is 3.56. The van der Waals surface area contributed by atoms with Gasteiger partial charge in [0.05, 0.1) is 10.6 Å². The Morgan fingerprint density at radius 3 is 2.95 bits per heavy atom.